The second-order valence-corrected chi connectivity index (χ2v) is 8.54. The van der Waals surface area contributed by atoms with Gasteiger partial charge >= 0.3 is 0 Å². The van der Waals surface area contributed by atoms with Crippen molar-refractivity contribution in [3.63, 3.8) is 0 Å². The predicted octanol–water partition coefficient (Wildman–Crippen LogP) is 2.89. The number of pyridine rings is 1. The first-order valence-electron chi connectivity index (χ1n) is 7.41. The first-order chi connectivity index (χ1) is 9.95. The summed E-state index contributed by atoms with van der Waals surface area (Å²) in [6.07, 6.45) is 8.00. The minimum Gasteiger partial charge on any atom is -0.265 e. The molecule has 1 aliphatic carbocycles. The summed E-state index contributed by atoms with van der Waals surface area (Å²) in [5.41, 5.74) is 0.689. The van der Waals surface area contributed by atoms with Crippen molar-refractivity contribution in [3.05, 3.63) is 30.1 Å². The molecule has 2 rings (SSSR count). The summed E-state index contributed by atoms with van der Waals surface area (Å²) in [6, 6.07) is 3.72. The van der Waals surface area contributed by atoms with E-state index in [-0.39, 0.29) is 11.3 Å². The molecule has 1 aliphatic rings. The van der Waals surface area contributed by atoms with Gasteiger partial charge in [-0.2, -0.15) is 0 Å². The SMILES string of the molecule is CC1CCCC(CBr)(NS(=O)(=O)CCc2ccncc2)C1. The molecule has 0 aliphatic heterocycles. The van der Waals surface area contributed by atoms with Crippen molar-refractivity contribution in [1.82, 2.24) is 9.71 Å². The summed E-state index contributed by atoms with van der Waals surface area (Å²) in [6.45, 7) is 2.20. The maximum Gasteiger partial charge on any atom is 0.212 e. The molecule has 0 radical (unpaired) electrons. The minimum absolute atomic E-state index is 0.125. The number of aromatic nitrogens is 1. The lowest BCUT2D eigenvalue weighted by molar-refractivity contribution is 0.241. The van der Waals surface area contributed by atoms with Gasteiger partial charge in [-0.15, -0.1) is 0 Å². The normalized spacial score (nSPS) is 26.7. The fourth-order valence-corrected chi connectivity index (χ4v) is 5.44. The van der Waals surface area contributed by atoms with Crippen LogP contribution < -0.4 is 4.72 Å². The van der Waals surface area contributed by atoms with Crippen LogP contribution in [0.4, 0.5) is 0 Å². The van der Waals surface area contributed by atoms with Gasteiger partial charge in [0.2, 0.25) is 10.0 Å². The molecule has 1 aromatic heterocycles. The van der Waals surface area contributed by atoms with Crippen LogP contribution >= 0.6 is 15.9 Å². The number of hydrogen-bond acceptors (Lipinski definition) is 3. The topological polar surface area (TPSA) is 59.1 Å². The smallest absolute Gasteiger partial charge is 0.212 e. The number of rotatable bonds is 6. The van der Waals surface area contributed by atoms with Gasteiger partial charge in [0.15, 0.2) is 0 Å². The van der Waals surface area contributed by atoms with E-state index in [1.54, 1.807) is 12.4 Å². The van der Waals surface area contributed by atoms with Gasteiger partial charge in [-0.1, -0.05) is 35.7 Å². The van der Waals surface area contributed by atoms with E-state index in [4.69, 9.17) is 0 Å². The van der Waals surface area contributed by atoms with E-state index < -0.39 is 10.0 Å². The second kappa shape index (κ2) is 7.20. The molecular formula is C15H23BrN2O2S. The zero-order valence-corrected chi connectivity index (χ0v) is 14.8. The van der Waals surface area contributed by atoms with Crippen LogP contribution in [0.2, 0.25) is 0 Å². The van der Waals surface area contributed by atoms with E-state index in [1.807, 2.05) is 12.1 Å². The third kappa shape index (κ3) is 5.04. The second-order valence-electron chi connectivity index (χ2n) is 6.14. The summed E-state index contributed by atoms with van der Waals surface area (Å²) >= 11 is 3.51. The molecule has 2 atom stereocenters. The van der Waals surface area contributed by atoms with Crippen molar-refractivity contribution >= 4 is 26.0 Å². The van der Waals surface area contributed by atoms with Crippen molar-refractivity contribution < 1.29 is 8.42 Å². The largest absolute Gasteiger partial charge is 0.265 e. The third-order valence-electron chi connectivity index (χ3n) is 4.13. The van der Waals surface area contributed by atoms with Crippen molar-refractivity contribution in [2.75, 3.05) is 11.1 Å². The average molecular weight is 375 g/mol. The quantitative estimate of drug-likeness (QED) is 0.778. The Morgan fingerprint density at radius 2 is 2.14 bits per heavy atom. The summed E-state index contributed by atoms with van der Waals surface area (Å²) in [5.74, 6) is 0.694. The monoisotopic (exact) mass is 374 g/mol. The van der Waals surface area contributed by atoms with Crippen LogP contribution in [0.1, 0.15) is 38.2 Å². The molecule has 0 bridgehead atoms. The van der Waals surface area contributed by atoms with Crippen LogP contribution in [0.3, 0.4) is 0 Å². The van der Waals surface area contributed by atoms with Crippen LogP contribution in [0, 0.1) is 5.92 Å². The van der Waals surface area contributed by atoms with Crippen LogP contribution in [0.5, 0.6) is 0 Å². The van der Waals surface area contributed by atoms with E-state index in [0.29, 0.717) is 17.7 Å². The summed E-state index contributed by atoms with van der Waals surface area (Å²) in [7, 11) is -3.27. The van der Waals surface area contributed by atoms with Crippen molar-refractivity contribution in [2.45, 2.75) is 44.6 Å². The van der Waals surface area contributed by atoms with Crippen molar-refractivity contribution in [3.8, 4) is 0 Å². The lowest BCUT2D eigenvalue weighted by Gasteiger charge is -2.39. The first-order valence-corrected chi connectivity index (χ1v) is 10.2. The number of aryl methyl sites for hydroxylation is 1. The van der Waals surface area contributed by atoms with E-state index in [1.165, 1.54) is 6.42 Å². The highest BCUT2D eigenvalue weighted by Gasteiger charge is 2.37. The highest BCUT2D eigenvalue weighted by atomic mass is 79.9. The van der Waals surface area contributed by atoms with Crippen molar-refractivity contribution in [2.24, 2.45) is 5.92 Å². The van der Waals surface area contributed by atoms with Crippen molar-refractivity contribution in [1.29, 1.82) is 0 Å². The Balaban J connectivity index is 1.99. The number of nitrogens with one attached hydrogen (secondary N) is 1. The zero-order valence-electron chi connectivity index (χ0n) is 12.4. The Morgan fingerprint density at radius 3 is 2.76 bits per heavy atom. The van der Waals surface area contributed by atoms with Gasteiger partial charge in [-0.3, -0.25) is 4.98 Å². The molecule has 6 heteroatoms. The number of halogens is 1. The molecular weight excluding hydrogens is 352 g/mol. The Kier molecular flexibility index (Phi) is 5.80. The van der Waals surface area contributed by atoms with Gasteiger partial charge < -0.3 is 0 Å². The van der Waals surface area contributed by atoms with Crippen LogP contribution in [-0.2, 0) is 16.4 Å². The molecule has 1 saturated carbocycles. The van der Waals surface area contributed by atoms with Gasteiger partial charge in [0, 0.05) is 23.3 Å². The fourth-order valence-electron chi connectivity index (χ4n) is 3.08. The number of alkyl halides is 1. The number of sulfonamides is 1. The zero-order chi connectivity index (χ0) is 15.3. The Hall–Kier alpha value is -0.460. The molecule has 1 fully saturated rings. The molecule has 4 nitrogen and oxygen atoms in total. The molecule has 118 valence electrons. The van der Waals surface area contributed by atoms with E-state index in [2.05, 4.69) is 32.6 Å². The summed E-state index contributed by atoms with van der Waals surface area (Å²) < 4.78 is 27.8. The van der Waals surface area contributed by atoms with Gasteiger partial charge in [0.05, 0.1) is 5.75 Å². The van der Waals surface area contributed by atoms with Crippen LogP contribution in [0.25, 0.3) is 0 Å². The van der Waals surface area contributed by atoms with Gasteiger partial charge in [-0.05, 0) is 42.9 Å². The Labute approximate surface area is 135 Å². The minimum atomic E-state index is -3.27. The Morgan fingerprint density at radius 1 is 1.43 bits per heavy atom. The van der Waals surface area contributed by atoms with Gasteiger partial charge in [0.1, 0.15) is 0 Å². The molecule has 1 heterocycles. The van der Waals surface area contributed by atoms with E-state index in [9.17, 15) is 8.42 Å². The third-order valence-corrected chi connectivity index (χ3v) is 6.69. The summed E-state index contributed by atoms with van der Waals surface area (Å²) in [4.78, 5) is 3.94. The molecule has 2 unspecified atom stereocenters. The fraction of sp³-hybridized carbons (Fsp3) is 0.667. The molecule has 1 N–H and O–H groups in total. The van der Waals surface area contributed by atoms with Gasteiger partial charge in [0.25, 0.3) is 0 Å². The Bertz CT molecular complexity index is 550. The molecule has 0 spiro atoms. The lowest BCUT2D eigenvalue weighted by atomic mass is 9.78. The van der Waals surface area contributed by atoms with Gasteiger partial charge in [-0.25, -0.2) is 13.1 Å². The highest BCUT2D eigenvalue weighted by molar-refractivity contribution is 9.09. The molecule has 0 aromatic carbocycles. The molecule has 1 aromatic rings. The highest BCUT2D eigenvalue weighted by Crippen LogP contribution is 2.34. The van der Waals surface area contributed by atoms with E-state index >= 15 is 0 Å². The maximum atomic E-state index is 12.4. The molecule has 21 heavy (non-hydrogen) atoms. The molecule has 0 amide bonds. The van der Waals surface area contributed by atoms with Crippen LogP contribution in [0.15, 0.2) is 24.5 Å². The maximum absolute atomic E-state index is 12.4. The van der Waals surface area contributed by atoms with E-state index in [0.717, 1.165) is 24.8 Å². The number of nitrogens with zero attached hydrogens (tertiary/aromatic N) is 1. The average Bonchev–Trinajstić information content (AvgIpc) is 2.46. The summed E-state index contributed by atoms with van der Waals surface area (Å²) in [5, 5.41) is 0.679. The lowest BCUT2D eigenvalue weighted by Crippen LogP contribution is -2.53. The van der Waals surface area contributed by atoms with Crippen LogP contribution in [-0.4, -0.2) is 30.0 Å². The number of hydrogen-bond donors (Lipinski definition) is 1. The predicted molar refractivity (Wildman–Crippen MR) is 89.0 cm³/mol. The standard InChI is InChI=1S/C15H23BrN2O2S/c1-13-3-2-7-15(11-13,12-16)18-21(19,20)10-6-14-4-8-17-9-5-14/h4-5,8-9,13,18H,2-3,6-7,10-12H2,1H3. The molecule has 0 saturated heterocycles. The first kappa shape index (κ1) is 16.9.